The summed E-state index contributed by atoms with van der Waals surface area (Å²) in [5, 5.41) is 51.4. The van der Waals surface area contributed by atoms with Crippen molar-refractivity contribution >= 4 is 6.09 Å². The number of nitrogens with one attached hydrogen (secondary N) is 1. The van der Waals surface area contributed by atoms with Crippen LogP contribution in [0.3, 0.4) is 0 Å². The van der Waals surface area contributed by atoms with Gasteiger partial charge < -0.3 is 40.3 Å². The molecule has 9 nitrogen and oxygen atoms in total. The quantitative estimate of drug-likeness (QED) is 0.276. The molecule has 0 spiro atoms. The van der Waals surface area contributed by atoms with Crippen molar-refractivity contribution in [3.63, 3.8) is 0 Å². The van der Waals surface area contributed by atoms with E-state index in [4.69, 9.17) is 9.47 Å². The fourth-order valence-electron chi connectivity index (χ4n) is 2.40. The first kappa shape index (κ1) is 21.8. The van der Waals surface area contributed by atoms with Gasteiger partial charge in [-0.1, -0.05) is 19.1 Å². The smallest absolute Gasteiger partial charge is 0.407 e. The van der Waals surface area contributed by atoms with Crippen molar-refractivity contribution < 1.29 is 39.8 Å². The van der Waals surface area contributed by atoms with Crippen LogP contribution >= 0.6 is 0 Å². The van der Waals surface area contributed by atoms with Crippen LogP contribution in [0.4, 0.5) is 4.79 Å². The summed E-state index contributed by atoms with van der Waals surface area (Å²) in [5.74, 6) is 0. The number of ether oxygens (including phenoxy) is 2. The van der Waals surface area contributed by atoms with Crippen molar-refractivity contribution in [2.75, 3.05) is 13.2 Å². The molecule has 1 rings (SSSR count). The van der Waals surface area contributed by atoms with Crippen molar-refractivity contribution in [1.82, 2.24) is 5.32 Å². The van der Waals surface area contributed by atoms with E-state index in [1.54, 1.807) is 13.8 Å². The molecule has 0 saturated heterocycles. The molecule has 0 fully saturated rings. The van der Waals surface area contributed by atoms with Crippen molar-refractivity contribution in [3.8, 4) is 0 Å². The highest BCUT2D eigenvalue weighted by Gasteiger charge is 2.34. The minimum Gasteiger partial charge on any atom is -0.450 e. The highest BCUT2D eigenvalue weighted by atomic mass is 16.5. The van der Waals surface area contributed by atoms with Crippen molar-refractivity contribution in [2.45, 2.75) is 69.4 Å². The number of carbonyl (C=O) groups excluding carboxylic acids is 1. The van der Waals surface area contributed by atoms with E-state index < -0.39 is 48.8 Å². The number of hydrogen-bond acceptors (Lipinski definition) is 8. The topological polar surface area (TPSA) is 149 Å². The molecule has 1 aliphatic rings. The maximum absolute atomic E-state index is 11.6. The number of rotatable bonds is 9. The summed E-state index contributed by atoms with van der Waals surface area (Å²) >= 11 is 0. The van der Waals surface area contributed by atoms with Crippen LogP contribution in [0.5, 0.6) is 0 Å². The van der Waals surface area contributed by atoms with Gasteiger partial charge in [0.1, 0.15) is 24.4 Å². The van der Waals surface area contributed by atoms with Crippen LogP contribution in [0, 0.1) is 0 Å². The van der Waals surface area contributed by atoms with Crippen LogP contribution in [0.1, 0.15) is 26.7 Å². The van der Waals surface area contributed by atoms with Crippen LogP contribution < -0.4 is 5.32 Å². The number of carbonyl (C=O) groups is 1. The Morgan fingerprint density at radius 1 is 1.16 bits per heavy atom. The fraction of sp³-hybridized carbons (Fsp3) is 0.812. The Bertz CT molecular complexity index is 432. The molecule has 0 saturated carbocycles. The van der Waals surface area contributed by atoms with Gasteiger partial charge in [0, 0.05) is 6.42 Å². The average Bonchev–Trinajstić information content (AvgIpc) is 2.57. The maximum atomic E-state index is 11.6. The molecule has 0 radical (unpaired) electrons. The van der Waals surface area contributed by atoms with Gasteiger partial charge in [-0.2, -0.15) is 0 Å². The van der Waals surface area contributed by atoms with Crippen LogP contribution in [0.2, 0.25) is 0 Å². The van der Waals surface area contributed by atoms with Gasteiger partial charge in [-0.05, 0) is 13.3 Å². The lowest BCUT2D eigenvalue weighted by molar-refractivity contribution is -0.113. The molecule has 0 aliphatic heterocycles. The standard InChI is InChI=1S/C16H29NO8/c1-3-9(18)7-12(20)10(17-16(23)24-4-2)8-25-13-6-5-11(19)14(21)15(13)22/h5-6,9-15,18-22H,3-4,7-8H2,1-2H3,(H,17,23). The van der Waals surface area contributed by atoms with Crippen LogP contribution in [-0.2, 0) is 9.47 Å². The zero-order valence-corrected chi connectivity index (χ0v) is 14.5. The summed E-state index contributed by atoms with van der Waals surface area (Å²) in [4.78, 5) is 11.6. The highest BCUT2D eigenvalue weighted by molar-refractivity contribution is 5.67. The molecule has 6 N–H and O–H groups in total. The summed E-state index contributed by atoms with van der Waals surface area (Å²) in [7, 11) is 0. The van der Waals surface area contributed by atoms with Gasteiger partial charge in [0.2, 0.25) is 0 Å². The molecule has 0 aromatic heterocycles. The zero-order valence-electron chi connectivity index (χ0n) is 14.5. The Labute approximate surface area is 146 Å². The van der Waals surface area contributed by atoms with E-state index >= 15 is 0 Å². The average molecular weight is 363 g/mol. The van der Waals surface area contributed by atoms with E-state index in [0.717, 1.165) is 0 Å². The van der Waals surface area contributed by atoms with Gasteiger partial charge in [0.05, 0.1) is 31.5 Å². The summed E-state index contributed by atoms with van der Waals surface area (Å²) in [6.07, 6.45) is -4.24. The first-order valence-electron chi connectivity index (χ1n) is 8.43. The third-order valence-corrected chi connectivity index (χ3v) is 4.03. The second-order valence-corrected chi connectivity index (χ2v) is 5.99. The van der Waals surface area contributed by atoms with Crippen LogP contribution in [0.15, 0.2) is 12.2 Å². The van der Waals surface area contributed by atoms with E-state index in [2.05, 4.69) is 5.32 Å². The predicted molar refractivity (Wildman–Crippen MR) is 87.8 cm³/mol. The van der Waals surface area contributed by atoms with Gasteiger partial charge in [0.15, 0.2) is 0 Å². The van der Waals surface area contributed by atoms with E-state index in [1.165, 1.54) is 12.2 Å². The first-order chi connectivity index (χ1) is 11.8. The van der Waals surface area contributed by atoms with E-state index in [0.29, 0.717) is 6.42 Å². The Morgan fingerprint density at radius 3 is 2.44 bits per heavy atom. The molecule has 7 unspecified atom stereocenters. The SMILES string of the molecule is CCOC(=O)NC(COC1C=CC(O)C(O)C1O)C(O)CC(O)CC. The third kappa shape index (κ3) is 6.89. The lowest BCUT2D eigenvalue weighted by Gasteiger charge is -2.32. The molecule has 1 amide bonds. The van der Waals surface area contributed by atoms with Gasteiger partial charge in [-0.3, -0.25) is 0 Å². The molecule has 0 heterocycles. The molecular weight excluding hydrogens is 334 g/mol. The van der Waals surface area contributed by atoms with Gasteiger partial charge in [0.25, 0.3) is 0 Å². The highest BCUT2D eigenvalue weighted by Crippen LogP contribution is 2.17. The second-order valence-electron chi connectivity index (χ2n) is 5.99. The molecule has 7 atom stereocenters. The molecule has 9 heteroatoms. The van der Waals surface area contributed by atoms with E-state index in [-0.39, 0.29) is 19.6 Å². The lowest BCUT2D eigenvalue weighted by Crippen LogP contribution is -2.51. The Balaban J connectivity index is 2.68. The number of amides is 1. The number of hydrogen-bond donors (Lipinski definition) is 6. The summed E-state index contributed by atoms with van der Waals surface area (Å²) in [5.41, 5.74) is 0. The third-order valence-electron chi connectivity index (χ3n) is 4.03. The van der Waals surface area contributed by atoms with Crippen molar-refractivity contribution in [3.05, 3.63) is 12.2 Å². The molecule has 0 bridgehead atoms. The Morgan fingerprint density at radius 2 is 1.84 bits per heavy atom. The molecule has 0 aromatic carbocycles. The lowest BCUT2D eigenvalue weighted by atomic mass is 9.96. The van der Waals surface area contributed by atoms with Crippen LogP contribution in [0.25, 0.3) is 0 Å². The van der Waals surface area contributed by atoms with Gasteiger partial charge in [-0.25, -0.2) is 4.79 Å². The number of alkyl carbamates (subject to hydrolysis) is 1. The van der Waals surface area contributed by atoms with E-state index in [1.807, 2.05) is 0 Å². The molecule has 25 heavy (non-hydrogen) atoms. The minimum absolute atomic E-state index is 0.0291. The normalized spacial score (nSPS) is 29.7. The van der Waals surface area contributed by atoms with E-state index in [9.17, 15) is 30.3 Å². The number of aliphatic hydroxyl groups excluding tert-OH is 5. The van der Waals surface area contributed by atoms with Crippen LogP contribution in [-0.4, -0.2) is 87.5 Å². The Kier molecular flexibility index (Phi) is 9.33. The number of aliphatic hydroxyl groups is 5. The molecule has 1 aliphatic carbocycles. The summed E-state index contributed by atoms with van der Waals surface area (Å²) in [6, 6.07) is -0.884. The fourth-order valence-corrected chi connectivity index (χ4v) is 2.40. The summed E-state index contributed by atoms with van der Waals surface area (Å²) < 4.78 is 10.3. The monoisotopic (exact) mass is 363 g/mol. The van der Waals surface area contributed by atoms with Gasteiger partial charge >= 0.3 is 6.09 Å². The maximum Gasteiger partial charge on any atom is 0.407 e. The zero-order chi connectivity index (χ0) is 19.0. The molecule has 146 valence electrons. The van der Waals surface area contributed by atoms with Crippen molar-refractivity contribution in [2.24, 2.45) is 0 Å². The van der Waals surface area contributed by atoms with Gasteiger partial charge in [-0.15, -0.1) is 0 Å². The second kappa shape index (κ2) is 10.7. The molecular formula is C16H29NO8. The summed E-state index contributed by atoms with van der Waals surface area (Å²) in [6.45, 7) is 3.36. The Hall–Kier alpha value is -1.23. The predicted octanol–water partition coefficient (Wildman–Crippen LogP) is -1.34. The van der Waals surface area contributed by atoms with Crippen molar-refractivity contribution in [1.29, 1.82) is 0 Å². The molecule has 0 aromatic rings. The first-order valence-corrected chi connectivity index (χ1v) is 8.43. The largest absolute Gasteiger partial charge is 0.450 e. The minimum atomic E-state index is -1.39.